The van der Waals surface area contributed by atoms with Crippen molar-refractivity contribution in [3.63, 3.8) is 0 Å². The van der Waals surface area contributed by atoms with Gasteiger partial charge in [-0.25, -0.2) is 0 Å². The Balaban J connectivity index is 1.91. The number of hydrogen-bond acceptors (Lipinski definition) is 5. The molecule has 0 radical (unpaired) electrons. The molecule has 0 aliphatic heterocycles. The molecule has 2 aromatic carbocycles. The fourth-order valence-corrected chi connectivity index (χ4v) is 2.97. The average molecular weight is 477 g/mol. The number of amides is 1. The molecule has 0 saturated carbocycles. The van der Waals surface area contributed by atoms with Crippen LogP contribution in [0, 0.1) is 5.41 Å². The summed E-state index contributed by atoms with van der Waals surface area (Å²) in [5.41, 5.74) is -0.920. The van der Waals surface area contributed by atoms with Gasteiger partial charge in [-0.05, 0) is 36.8 Å². The van der Waals surface area contributed by atoms with Crippen LogP contribution in [-0.2, 0) is 4.79 Å². The zero-order valence-corrected chi connectivity index (χ0v) is 18.9. The van der Waals surface area contributed by atoms with Gasteiger partial charge in [0.2, 0.25) is 5.91 Å². The molecule has 2 rings (SSSR count). The molecule has 164 valence electrons. The molecule has 0 bridgehead atoms. The van der Waals surface area contributed by atoms with Crippen LogP contribution in [0.25, 0.3) is 0 Å². The van der Waals surface area contributed by atoms with Gasteiger partial charge in [0.1, 0.15) is 11.9 Å². The molecule has 3 N–H and O–H groups in total. The highest BCUT2D eigenvalue weighted by Crippen LogP contribution is 2.37. The van der Waals surface area contributed by atoms with Gasteiger partial charge < -0.3 is 25.0 Å². The molecule has 9 heteroatoms. The first-order chi connectivity index (χ1) is 14.1. The fourth-order valence-electron chi connectivity index (χ4n) is 2.36. The van der Waals surface area contributed by atoms with Crippen LogP contribution in [0.15, 0.2) is 36.4 Å². The Bertz CT molecular complexity index is 876. The van der Waals surface area contributed by atoms with E-state index in [2.05, 4.69) is 5.32 Å². The van der Waals surface area contributed by atoms with Crippen LogP contribution in [-0.4, -0.2) is 42.0 Å². The Morgan fingerprint density at radius 1 is 1.07 bits per heavy atom. The van der Waals surface area contributed by atoms with E-state index in [4.69, 9.17) is 44.3 Å². The van der Waals surface area contributed by atoms with Crippen LogP contribution in [0.3, 0.4) is 0 Å². The lowest BCUT2D eigenvalue weighted by Gasteiger charge is -2.27. The standard InChI is InChI=1S/C21H24Cl3NO5/c1-21(2,12-26)19(27)20(28)25-8-3-9-29-18-11-14(23)5-7-17(18)30-16-6-4-13(22)10-15(16)24/h4-7,10-11,19,26-27H,3,8-9,12H2,1-2H3,(H,25,28)/t19-/m0/s1. The molecule has 0 aromatic heterocycles. The highest BCUT2D eigenvalue weighted by atomic mass is 35.5. The number of aliphatic hydroxyl groups excluding tert-OH is 2. The van der Waals surface area contributed by atoms with E-state index in [-0.39, 0.29) is 19.8 Å². The Labute approximate surface area is 190 Å². The third-order valence-electron chi connectivity index (χ3n) is 4.29. The zero-order valence-electron chi connectivity index (χ0n) is 16.6. The fraction of sp³-hybridized carbons (Fsp3) is 0.381. The van der Waals surface area contributed by atoms with E-state index in [1.807, 2.05) is 0 Å². The van der Waals surface area contributed by atoms with Crippen molar-refractivity contribution in [2.45, 2.75) is 26.4 Å². The van der Waals surface area contributed by atoms with Gasteiger partial charge in [0.05, 0.1) is 18.2 Å². The minimum absolute atomic E-state index is 0.269. The molecule has 0 aliphatic carbocycles. The van der Waals surface area contributed by atoms with Crippen LogP contribution in [0.1, 0.15) is 20.3 Å². The highest BCUT2D eigenvalue weighted by Gasteiger charge is 2.32. The molecule has 0 unspecified atom stereocenters. The Morgan fingerprint density at radius 3 is 2.33 bits per heavy atom. The number of benzene rings is 2. The molecule has 0 spiro atoms. The summed E-state index contributed by atoms with van der Waals surface area (Å²) >= 11 is 18.1. The van der Waals surface area contributed by atoms with Crippen molar-refractivity contribution in [2.24, 2.45) is 5.41 Å². The maximum Gasteiger partial charge on any atom is 0.249 e. The van der Waals surface area contributed by atoms with Gasteiger partial charge in [-0.15, -0.1) is 0 Å². The summed E-state index contributed by atoms with van der Waals surface area (Å²) in [6, 6.07) is 9.83. The van der Waals surface area contributed by atoms with Gasteiger partial charge in [0.25, 0.3) is 0 Å². The largest absolute Gasteiger partial charge is 0.490 e. The van der Waals surface area contributed by atoms with Gasteiger partial charge in [-0.2, -0.15) is 0 Å². The van der Waals surface area contributed by atoms with E-state index in [0.717, 1.165) is 0 Å². The Hall–Kier alpha value is -1.70. The Morgan fingerprint density at radius 2 is 1.70 bits per heavy atom. The zero-order chi connectivity index (χ0) is 22.3. The van der Waals surface area contributed by atoms with Gasteiger partial charge in [0, 0.05) is 28.1 Å². The van der Waals surface area contributed by atoms with Gasteiger partial charge in [-0.1, -0.05) is 48.7 Å². The quantitative estimate of drug-likeness (QED) is 0.433. The molecule has 2 aromatic rings. The van der Waals surface area contributed by atoms with Crippen molar-refractivity contribution < 1.29 is 24.5 Å². The van der Waals surface area contributed by atoms with E-state index < -0.39 is 17.4 Å². The molecule has 0 fully saturated rings. The Kier molecular flexibility index (Phi) is 9.07. The molecule has 0 saturated heterocycles. The first kappa shape index (κ1) is 24.6. The van der Waals surface area contributed by atoms with Crippen molar-refractivity contribution in [3.8, 4) is 17.2 Å². The van der Waals surface area contributed by atoms with Crippen molar-refractivity contribution in [3.05, 3.63) is 51.5 Å². The smallest absolute Gasteiger partial charge is 0.249 e. The van der Waals surface area contributed by atoms with Crippen LogP contribution in [0.2, 0.25) is 15.1 Å². The predicted octanol–water partition coefficient (Wildman–Crippen LogP) is 4.70. The van der Waals surface area contributed by atoms with Gasteiger partial charge in [0.15, 0.2) is 11.5 Å². The van der Waals surface area contributed by atoms with Crippen molar-refractivity contribution in [1.82, 2.24) is 5.32 Å². The SMILES string of the molecule is CC(C)(CO)[C@@H](O)C(=O)NCCCOc1cc(Cl)ccc1Oc1ccc(Cl)cc1Cl. The second kappa shape index (κ2) is 11.1. The molecule has 1 amide bonds. The second-order valence-corrected chi connectivity index (χ2v) is 8.59. The number of hydrogen-bond donors (Lipinski definition) is 3. The summed E-state index contributed by atoms with van der Waals surface area (Å²) in [5.74, 6) is 0.716. The third kappa shape index (κ3) is 6.93. The minimum Gasteiger partial charge on any atom is -0.490 e. The summed E-state index contributed by atoms with van der Waals surface area (Å²) in [6.07, 6.45) is -0.827. The summed E-state index contributed by atoms with van der Waals surface area (Å²) in [4.78, 5) is 12.0. The third-order valence-corrected chi connectivity index (χ3v) is 5.06. The van der Waals surface area contributed by atoms with E-state index in [0.29, 0.717) is 38.7 Å². The van der Waals surface area contributed by atoms with E-state index in [1.54, 1.807) is 50.2 Å². The summed E-state index contributed by atoms with van der Waals surface area (Å²) in [6.45, 7) is 3.46. The van der Waals surface area contributed by atoms with Crippen LogP contribution >= 0.6 is 34.8 Å². The number of halogens is 3. The predicted molar refractivity (Wildman–Crippen MR) is 118 cm³/mol. The number of nitrogens with one attached hydrogen (secondary N) is 1. The van der Waals surface area contributed by atoms with E-state index in [9.17, 15) is 15.0 Å². The summed E-state index contributed by atoms with van der Waals surface area (Å²) in [5, 5.41) is 23.2. The lowest BCUT2D eigenvalue weighted by Crippen LogP contribution is -2.45. The highest BCUT2D eigenvalue weighted by molar-refractivity contribution is 6.35. The minimum atomic E-state index is -1.31. The van der Waals surface area contributed by atoms with Crippen LogP contribution in [0.5, 0.6) is 17.2 Å². The topological polar surface area (TPSA) is 88.0 Å². The van der Waals surface area contributed by atoms with Crippen molar-refractivity contribution >= 4 is 40.7 Å². The molecule has 30 heavy (non-hydrogen) atoms. The molecule has 1 atom stereocenters. The lowest BCUT2D eigenvalue weighted by atomic mass is 9.87. The molecule has 0 aliphatic rings. The molecule has 6 nitrogen and oxygen atoms in total. The molecule has 0 heterocycles. The van der Waals surface area contributed by atoms with Gasteiger partial charge >= 0.3 is 0 Å². The van der Waals surface area contributed by atoms with E-state index in [1.165, 1.54) is 0 Å². The lowest BCUT2D eigenvalue weighted by molar-refractivity contribution is -0.137. The van der Waals surface area contributed by atoms with Crippen LogP contribution < -0.4 is 14.8 Å². The summed E-state index contributed by atoms with van der Waals surface area (Å²) < 4.78 is 11.6. The second-order valence-electron chi connectivity index (χ2n) is 7.31. The summed E-state index contributed by atoms with van der Waals surface area (Å²) in [7, 11) is 0. The maximum absolute atomic E-state index is 12.0. The number of carbonyl (C=O) groups is 1. The monoisotopic (exact) mass is 475 g/mol. The number of carbonyl (C=O) groups excluding carboxylic acids is 1. The van der Waals surface area contributed by atoms with Crippen LogP contribution in [0.4, 0.5) is 0 Å². The molecular weight excluding hydrogens is 453 g/mol. The number of rotatable bonds is 10. The van der Waals surface area contributed by atoms with Crippen molar-refractivity contribution in [1.29, 1.82) is 0 Å². The average Bonchev–Trinajstić information content (AvgIpc) is 2.70. The first-order valence-electron chi connectivity index (χ1n) is 9.26. The number of aliphatic hydroxyl groups is 2. The van der Waals surface area contributed by atoms with Gasteiger partial charge in [-0.3, -0.25) is 4.79 Å². The number of ether oxygens (including phenoxy) is 2. The first-order valence-corrected chi connectivity index (χ1v) is 10.4. The molecular formula is C21H24Cl3NO5. The normalized spacial score (nSPS) is 12.4. The van der Waals surface area contributed by atoms with Crippen molar-refractivity contribution in [2.75, 3.05) is 19.8 Å². The maximum atomic E-state index is 12.0. The van der Waals surface area contributed by atoms with E-state index >= 15 is 0 Å².